The van der Waals surface area contributed by atoms with Crippen LogP contribution in [-0.2, 0) is 13.1 Å². The summed E-state index contributed by atoms with van der Waals surface area (Å²) in [6.07, 6.45) is 3.52. The molecule has 6 heteroatoms. The van der Waals surface area contributed by atoms with Gasteiger partial charge in [0.1, 0.15) is 11.6 Å². The Morgan fingerprint density at radius 3 is 2.59 bits per heavy atom. The van der Waals surface area contributed by atoms with Crippen molar-refractivity contribution in [2.24, 2.45) is 0 Å². The van der Waals surface area contributed by atoms with Gasteiger partial charge >= 0.3 is 0 Å². The molecule has 0 radical (unpaired) electrons. The normalized spacial score (nSPS) is 10.3. The SMILES string of the molecule is COc1ccccc1CN(Cc1cccnc1)C(=S)Nc1ccccc1F. The number of nitrogens with zero attached hydrogens (tertiary/aromatic N) is 2. The molecule has 3 rings (SSSR count). The van der Waals surface area contributed by atoms with Crippen molar-refractivity contribution in [1.29, 1.82) is 0 Å². The van der Waals surface area contributed by atoms with Crippen molar-refractivity contribution < 1.29 is 9.13 Å². The van der Waals surface area contributed by atoms with E-state index in [-0.39, 0.29) is 5.82 Å². The van der Waals surface area contributed by atoms with E-state index in [1.807, 2.05) is 41.3 Å². The second-order valence-electron chi connectivity index (χ2n) is 5.94. The van der Waals surface area contributed by atoms with Gasteiger partial charge < -0.3 is 15.0 Å². The standard InChI is InChI=1S/C21H20FN3OS/c1-26-20-11-5-2-8-17(20)15-25(14-16-7-6-12-23-13-16)21(27)24-19-10-4-3-9-18(19)22/h2-13H,14-15H2,1H3,(H,24,27). The highest BCUT2D eigenvalue weighted by Gasteiger charge is 2.15. The summed E-state index contributed by atoms with van der Waals surface area (Å²) < 4.78 is 19.5. The lowest BCUT2D eigenvalue weighted by atomic mass is 10.1. The van der Waals surface area contributed by atoms with Gasteiger partial charge in [0.15, 0.2) is 5.11 Å². The van der Waals surface area contributed by atoms with Gasteiger partial charge in [-0.3, -0.25) is 4.98 Å². The highest BCUT2D eigenvalue weighted by atomic mass is 32.1. The molecule has 1 heterocycles. The fraction of sp³-hybridized carbons (Fsp3) is 0.143. The zero-order valence-corrected chi connectivity index (χ0v) is 15.7. The van der Waals surface area contributed by atoms with E-state index < -0.39 is 0 Å². The molecule has 0 fully saturated rings. The molecule has 2 aromatic carbocycles. The predicted molar refractivity (Wildman–Crippen MR) is 109 cm³/mol. The van der Waals surface area contributed by atoms with Gasteiger partial charge in [0.2, 0.25) is 0 Å². The largest absolute Gasteiger partial charge is 0.496 e. The Hall–Kier alpha value is -2.99. The van der Waals surface area contributed by atoms with E-state index in [1.165, 1.54) is 6.07 Å². The molecule has 0 aliphatic rings. The highest BCUT2D eigenvalue weighted by Crippen LogP contribution is 2.21. The molecule has 4 nitrogen and oxygen atoms in total. The zero-order chi connectivity index (χ0) is 19.1. The summed E-state index contributed by atoms with van der Waals surface area (Å²) in [5, 5.41) is 3.44. The molecule has 0 bridgehead atoms. The Balaban J connectivity index is 1.84. The fourth-order valence-electron chi connectivity index (χ4n) is 2.71. The Labute approximate surface area is 163 Å². The predicted octanol–water partition coefficient (Wildman–Crippen LogP) is 4.63. The van der Waals surface area contributed by atoms with Crippen LogP contribution in [0.1, 0.15) is 11.1 Å². The number of ether oxygens (including phenoxy) is 1. The Morgan fingerprint density at radius 2 is 1.85 bits per heavy atom. The minimum absolute atomic E-state index is 0.346. The van der Waals surface area contributed by atoms with Crippen molar-refractivity contribution in [3.63, 3.8) is 0 Å². The topological polar surface area (TPSA) is 37.4 Å². The summed E-state index contributed by atoms with van der Waals surface area (Å²) in [4.78, 5) is 6.12. The summed E-state index contributed by atoms with van der Waals surface area (Å²) in [6, 6.07) is 18.1. The average Bonchev–Trinajstić information content (AvgIpc) is 2.70. The van der Waals surface area contributed by atoms with Crippen LogP contribution in [0.3, 0.4) is 0 Å². The number of halogens is 1. The average molecular weight is 381 g/mol. The van der Waals surface area contributed by atoms with E-state index in [0.717, 1.165) is 16.9 Å². The molecular formula is C21H20FN3OS. The van der Waals surface area contributed by atoms with E-state index in [9.17, 15) is 4.39 Å². The number of methoxy groups -OCH3 is 1. The molecule has 0 saturated carbocycles. The maximum Gasteiger partial charge on any atom is 0.174 e. The van der Waals surface area contributed by atoms with Crippen LogP contribution in [0.25, 0.3) is 0 Å². The minimum atomic E-state index is -0.349. The number of thiocarbonyl (C=S) groups is 1. The number of aromatic nitrogens is 1. The van der Waals surface area contributed by atoms with Crippen molar-refractivity contribution in [2.45, 2.75) is 13.1 Å². The van der Waals surface area contributed by atoms with Gasteiger partial charge in [0, 0.05) is 31.0 Å². The monoisotopic (exact) mass is 381 g/mol. The molecule has 0 atom stereocenters. The molecule has 3 aromatic rings. The van der Waals surface area contributed by atoms with Crippen LogP contribution in [0.5, 0.6) is 5.75 Å². The molecule has 0 aliphatic carbocycles. The fourth-order valence-corrected chi connectivity index (χ4v) is 2.95. The quantitative estimate of drug-likeness (QED) is 0.630. The second-order valence-corrected chi connectivity index (χ2v) is 6.33. The number of nitrogens with one attached hydrogen (secondary N) is 1. The van der Waals surface area contributed by atoms with Crippen LogP contribution in [0.4, 0.5) is 10.1 Å². The lowest BCUT2D eigenvalue weighted by molar-refractivity contribution is 0.378. The number of hydrogen-bond acceptors (Lipinski definition) is 3. The van der Waals surface area contributed by atoms with Crippen LogP contribution in [-0.4, -0.2) is 22.1 Å². The van der Waals surface area contributed by atoms with Gasteiger partial charge in [0.05, 0.1) is 12.8 Å². The van der Waals surface area contributed by atoms with Crippen molar-refractivity contribution >= 4 is 23.0 Å². The van der Waals surface area contributed by atoms with Crippen molar-refractivity contribution in [3.8, 4) is 5.75 Å². The summed E-state index contributed by atoms with van der Waals surface area (Å²) in [5.41, 5.74) is 2.34. The Morgan fingerprint density at radius 1 is 1.07 bits per heavy atom. The highest BCUT2D eigenvalue weighted by molar-refractivity contribution is 7.80. The lowest BCUT2D eigenvalue weighted by Crippen LogP contribution is -2.34. The number of benzene rings is 2. The first-order valence-electron chi connectivity index (χ1n) is 8.48. The summed E-state index contributed by atoms with van der Waals surface area (Å²) >= 11 is 5.58. The second kappa shape index (κ2) is 9.09. The van der Waals surface area contributed by atoms with Crippen molar-refractivity contribution in [3.05, 3.63) is 90.0 Å². The van der Waals surface area contributed by atoms with Crippen LogP contribution in [0.15, 0.2) is 73.1 Å². The number of hydrogen-bond donors (Lipinski definition) is 1. The molecule has 0 unspecified atom stereocenters. The Bertz CT molecular complexity index is 905. The molecule has 138 valence electrons. The number of para-hydroxylation sites is 2. The maximum absolute atomic E-state index is 14.0. The maximum atomic E-state index is 14.0. The molecular weight excluding hydrogens is 361 g/mol. The molecule has 27 heavy (non-hydrogen) atoms. The van der Waals surface area contributed by atoms with Gasteiger partial charge in [-0.2, -0.15) is 0 Å². The molecule has 1 N–H and O–H groups in total. The van der Waals surface area contributed by atoms with Crippen LogP contribution in [0.2, 0.25) is 0 Å². The summed E-state index contributed by atoms with van der Waals surface area (Å²) in [5.74, 6) is 0.431. The van der Waals surface area contributed by atoms with Gasteiger partial charge in [-0.1, -0.05) is 36.4 Å². The molecule has 0 aliphatic heterocycles. The van der Waals surface area contributed by atoms with Gasteiger partial charge in [0.25, 0.3) is 0 Å². The number of anilines is 1. The third kappa shape index (κ3) is 5.01. The molecule has 0 spiro atoms. The molecule has 0 saturated heterocycles. The van der Waals surface area contributed by atoms with Crippen molar-refractivity contribution in [1.82, 2.24) is 9.88 Å². The lowest BCUT2D eigenvalue weighted by Gasteiger charge is -2.27. The van der Waals surface area contributed by atoms with Crippen LogP contribution in [0, 0.1) is 5.82 Å². The van der Waals surface area contributed by atoms with E-state index in [0.29, 0.717) is 23.9 Å². The van der Waals surface area contributed by atoms with E-state index in [4.69, 9.17) is 17.0 Å². The Kier molecular flexibility index (Phi) is 6.33. The first kappa shape index (κ1) is 18.8. The van der Waals surface area contributed by atoms with E-state index >= 15 is 0 Å². The van der Waals surface area contributed by atoms with Gasteiger partial charge in [-0.05, 0) is 42.0 Å². The van der Waals surface area contributed by atoms with Crippen LogP contribution >= 0.6 is 12.2 Å². The zero-order valence-electron chi connectivity index (χ0n) is 14.9. The first-order valence-corrected chi connectivity index (χ1v) is 8.89. The smallest absolute Gasteiger partial charge is 0.174 e. The number of rotatable bonds is 6. The summed E-state index contributed by atoms with van der Waals surface area (Å²) in [6.45, 7) is 1.05. The van der Waals surface area contributed by atoms with E-state index in [2.05, 4.69) is 10.3 Å². The van der Waals surface area contributed by atoms with E-state index in [1.54, 1.807) is 37.7 Å². The van der Waals surface area contributed by atoms with Gasteiger partial charge in [-0.15, -0.1) is 0 Å². The first-order chi connectivity index (χ1) is 13.2. The van der Waals surface area contributed by atoms with Crippen molar-refractivity contribution in [2.75, 3.05) is 12.4 Å². The minimum Gasteiger partial charge on any atom is -0.496 e. The molecule has 1 aromatic heterocycles. The third-order valence-electron chi connectivity index (χ3n) is 4.05. The summed E-state index contributed by atoms with van der Waals surface area (Å²) in [7, 11) is 1.64. The number of pyridine rings is 1. The third-order valence-corrected chi connectivity index (χ3v) is 4.41. The molecule has 0 amide bonds. The van der Waals surface area contributed by atoms with Crippen LogP contribution < -0.4 is 10.1 Å². The van der Waals surface area contributed by atoms with Gasteiger partial charge in [-0.25, -0.2) is 4.39 Å².